The summed E-state index contributed by atoms with van der Waals surface area (Å²) in [5.41, 5.74) is 6.29. The molecule has 0 saturated heterocycles. The van der Waals surface area contributed by atoms with Crippen molar-refractivity contribution in [2.45, 2.75) is 19.4 Å². The van der Waals surface area contributed by atoms with Crippen LogP contribution in [0.2, 0.25) is 0 Å². The van der Waals surface area contributed by atoms with Crippen LogP contribution in [0.25, 0.3) is 0 Å². The number of pyridine rings is 1. The van der Waals surface area contributed by atoms with E-state index in [1.807, 2.05) is 14.1 Å². The van der Waals surface area contributed by atoms with Gasteiger partial charge in [-0.15, -0.1) is 0 Å². The predicted octanol–water partition coefficient (Wildman–Crippen LogP) is 2.15. The molecule has 4 nitrogen and oxygen atoms in total. The first-order chi connectivity index (χ1) is 7.34. The lowest BCUT2D eigenvalue weighted by Gasteiger charge is -2.32. The molecule has 5 heteroatoms. The SMILES string of the molecule is CN(C)C(C)(C)COc1c(N)cncc1Br. The summed E-state index contributed by atoms with van der Waals surface area (Å²) >= 11 is 3.37. The Bertz CT molecular complexity index is 346. The van der Waals surface area contributed by atoms with Crippen LogP contribution in [0.4, 0.5) is 5.69 Å². The number of rotatable bonds is 4. The maximum Gasteiger partial charge on any atom is 0.159 e. The third-order valence-corrected chi connectivity index (χ3v) is 3.23. The quantitative estimate of drug-likeness (QED) is 0.922. The lowest BCUT2D eigenvalue weighted by Crippen LogP contribution is -2.43. The molecule has 0 bridgehead atoms. The van der Waals surface area contributed by atoms with Crippen molar-refractivity contribution in [1.29, 1.82) is 0 Å². The summed E-state index contributed by atoms with van der Waals surface area (Å²) in [6.07, 6.45) is 3.26. The van der Waals surface area contributed by atoms with Gasteiger partial charge in [0.05, 0.1) is 16.4 Å². The van der Waals surface area contributed by atoms with Gasteiger partial charge in [-0.3, -0.25) is 4.98 Å². The Morgan fingerprint density at radius 1 is 1.44 bits per heavy atom. The lowest BCUT2D eigenvalue weighted by atomic mass is 10.1. The lowest BCUT2D eigenvalue weighted by molar-refractivity contribution is 0.114. The molecule has 1 heterocycles. The van der Waals surface area contributed by atoms with Crippen molar-refractivity contribution < 1.29 is 4.74 Å². The van der Waals surface area contributed by atoms with E-state index in [0.717, 1.165) is 4.47 Å². The molecule has 1 aromatic rings. The van der Waals surface area contributed by atoms with E-state index in [0.29, 0.717) is 18.0 Å². The van der Waals surface area contributed by atoms with E-state index in [4.69, 9.17) is 10.5 Å². The molecular formula is C11H18BrN3O. The number of nitrogens with two attached hydrogens (primary N) is 1. The number of likely N-dealkylation sites (N-methyl/N-ethyl adjacent to an activating group) is 1. The average Bonchev–Trinajstić information content (AvgIpc) is 2.16. The molecule has 2 N–H and O–H groups in total. The molecule has 0 aromatic carbocycles. The van der Waals surface area contributed by atoms with Crippen LogP contribution in [0.15, 0.2) is 16.9 Å². The summed E-state index contributed by atoms with van der Waals surface area (Å²) < 4.78 is 6.52. The van der Waals surface area contributed by atoms with E-state index in [1.165, 1.54) is 0 Å². The van der Waals surface area contributed by atoms with E-state index in [9.17, 15) is 0 Å². The summed E-state index contributed by atoms with van der Waals surface area (Å²) in [5, 5.41) is 0. The van der Waals surface area contributed by atoms with Gasteiger partial charge < -0.3 is 15.4 Å². The summed E-state index contributed by atoms with van der Waals surface area (Å²) in [7, 11) is 4.04. The normalized spacial score (nSPS) is 11.9. The van der Waals surface area contributed by atoms with Gasteiger partial charge in [-0.25, -0.2) is 0 Å². The smallest absolute Gasteiger partial charge is 0.159 e. The Morgan fingerprint density at radius 3 is 2.56 bits per heavy atom. The number of aromatic nitrogens is 1. The second kappa shape index (κ2) is 5.01. The van der Waals surface area contributed by atoms with Crippen molar-refractivity contribution in [3.8, 4) is 5.75 Å². The van der Waals surface area contributed by atoms with Crippen molar-refractivity contribution >= 4 is 21.6 Å². The van der Waals surface area contributed by atoms with E-state index in [2.05, 4.69) is 39.7 Å². The van der Waals surface area contributed by atoms with Crippen LogP contribution in [-0.2, 0) is 0 Å². The van der Waals surface area contributed by atoms with Gasteiger partial charge in [-0.2, -0.15) is 0 Å². The van der Waals surface area contributed by atoms with E-state index in [-0.39, 0.29) is 5.54 Å². The van der Waals surface area contributed by atoms with Gasteiger partial charge in [0.2, 0.25) is 0 Å². The molecule has 0 aliphatic rings. The first-order valence-corrected chi connectivity index (χ1v) is 5.83. The third-order valence-electron chi connectivity index (χ3n) is 2.66. The molecule has 90 valence electrons. The summed E-state index contributed by atoms with van der Waals surface area (Å²) in [6, 6.07) is 0. The monoisotopic (exact) mass is 287 g/mol. The molecule has 0 fully saturated rings. The van der Waals surface area contributed by atoms with Crippen LogP contribution in [0.5, 0.6) is 5.75 Å². The highest BCUT2D eigenvalue weighted by atomic mass is 79.9. The molecule has 16 heavy (non-hydrogen) atoms. The average molecular weight is 288 g/mol. The highest BCUT2D eigenvalue weighted by Crippen LogP contribution is 2.30. The maximum atomic E-state index is 5.80. The second-order valence-electron chi connectivity index (χ2n) is 4.54. The topological polar surface area (TPSA) is 51.4 Å². The summed E-state index contributed by atoms with van der Waals surface area (Å²) in [5.74, 6) is 0.657. The fourth-order valence-electron chi connectivity index (χ4n) is 0.968. The molecule has 0 amide bonds. The number of halogens is 1. The summed E-state index contributed by atoms with van der Waals surface area (Å²) in [4.78, 5) is 6.07. The Labute approximate surface area is 105 Å². The van der Waals surface area contributed by atoms with Crippen LogP contribution in [-0.4, -0.2) is 36.1 Å². The zero-order valence-electron chi connectivity index (χ0n) is 10.1. The van der Waals surface area contributed by atoms with Gasteiger partial charge in [0, 0.05) is 11.7 Å². The van der Waals surface area contributed by atoms with Crippen molar-refractivity contribution in [2.24, 2.45) is 0 Å². The minimum Gasteiger partial charge on any atom is -0.488 e. The number of nitrogens with zero attached hydrogens (tertiary/aromatic N) is 2. The van der Waals surface area contributed by atoms with Gasteiger partial charge in [0.1, 0.15) is 6.61 Å². The third kappa shape index (κ3) is 3.09. The molecule has 0 radical (unpaired) electrons. The second-order valence-corrected chi connectivity index (χ2v) is 5.39. The molecule has 1 aromatic heterocycles. The first kappa shape index (κ1) is 13.3. The van der Waals surface area contributed by atoms with Crippen molar-refractivity contribution in [3.63, 3.8) is 0 Å². The maximum absolute atomic E-state index is 5.80. The summed E-state index contributed by atoms with van der Waals surface area (Å²) in [6.45, 7) is 4.78. The van der Waals surface area contributed by atoms with Crippen molar-refractivity contribution in [2.75, 3.05) is 26.4 Å². The minimum atomic E-state index is -0.0465. The number of ether oxygens (including phenoxy) is 1. The molecule has 1 rings (SSSR count). The first-order valence-electron chi connectivity index (χ1n) is 5.04. The van der Waals surface area contributed by atoms with Crippen LogP contribution in [0.1, 0.15) is 13.8 Å². The Hall–Kier alpha value is -0.810. The van der Waals surface area contributed by atoms with Crippen LogP contribution in [0, 0.1) is 0 Å². The zero-order chi connectivity index (χ0) is 12.3. The van der Waals surface area contributed by atoms with E-state index >= 15 is 0 Å². The number of hydrogen-bond donors (Lipinski definition) is 1. The van der Waals surface area contributed by atoms with Gasteiger partial charge in [-0.1, -0.05) is 0 Å². The molecular weight excluding hydrogens is 270 g/mol. The fraction of sp³-hybridized carbons (Fsp3) is 0.545. The number of anilines is 1. The largest absolute Gasteiger partial charge is 0.488 e. The standard InChI is InChI=1S/C11H18BrN3O/c1-11(2,15(3)4)7-16-10-8(12)5-14-6-9(10)13/h5-6H,7,13H2,1-4H3. The highest BCUT2D eigenvalue weighted by Gasteiger charge is 2.22. The minimum absolute atomic E-state index is 0.0465. The molecule has 0 aliphatic carbocycles. The van der Waals surface area contributed by atoms with Gasteiger partial charge in [-0.05, 0) is 43.9 Å². The van der Waals surface area contributed by atoms with Gasteiger partial charge in [0.15, 0.2) is 5.75 Å². The molecule has 0 atom stereocenters. The molecule has 0 saturated carbocycles. The Kier molecular flexibility index (Phi) is 4.15. The van der Waals surface area contributed by atoms with Gasteiger partial charge >= 0.3 is 0 Å². The number of nitrogen functional groups attached to an aromatic ring is 1. The molecule has 0 unspecified atom stereocenters. The van der Waals surface area contributed by atoms with Crippen molar-refractivity contribution in [3.05, 3.63) is 16.9 Å². The Morgan fingerprint density at radius 2 is 2.06 bits per heavy atom. The molecule has 0 aliphatic heterocycles. The van der Waals surface area contributed by atoms with Gasteiger partial charge in [0.25, 0.3) is 0 Å². The van der Waals surface area contributed by atoms with E-state index < -0.39 is 0 Å². The Balaban J connectivity index is 2.75. The fourth-order valence-corrected chi connectivity index (χ4v) is 1.43. The van der Waals surface area contributed by atoms with Crippen LogP contribution >= 0.6 is 15.9 Å². The van der Waals surface area contributed by atoms with Crippen molar-refractivity contribution in [1.82, 2.24) is 9.88 Å². The van der Waals surface area contributed by atoms with Crippen LogP contribution < -0.4 is 10.5 Å². The number of hydrogen-bond acceptors (Lipinski definition) is 4. The van der Waals surface area contributed by atoms with E-state index in [1.54, 1.807) is 12.4 Å². The highest BCUT2D eigenvalue weighted by molar-refractivity contribution is 9.10. The predicted molar refractivity (Wildman–Crippen MR) is 69.6 cm³/mol. The molecule has 0 spiro atoms. The zero-order valence-corrected chi connectivity index (χ0v) is 11.7. The van der Waals surface area contributed by atoms with Crippen LogP contribution in [0.3, 0.4) is 0 Å².